The Morgan fingerprint density at radius 1 is 1.26 bits per heavy atom. The number of sulfonamides is 1. The number of hydrogen-bond donors (Lipinski definition) is 0. The van der Waals surface area contributed by atoms with E-state index in [1.54, 1.807) is 18.9 Å². The predicted octanol–water partition coefficient (Wildman–Crippen LogP) is 4.16. The lowest BCUT2D eigenvalue weighted by molar-refractivity contribution is 0.411. The molecule has 0 saturated carbocycles. The van der Waals surface area contributed by atoms with Crippen molar-refractivity contribution in [2.75, 3.05) is 26.5 Å². The Morgan fingerprint density at radius 3 is 2.78 bits per heavy atom. The molecule has 0 saturated heterocycles. The number of hydrogen-bond acceptors (Lipinski definition) is 5. The van der Waals surface area contributed by atoms with Crippen LogP contribution >= 0.6 is 27.7 Å². The van der Waals surface area contributed by atoms with E-state index in [4.69, 9.17) is 4.74 Å². The summed E-state index contributed by atoms with van der Waals surface area (Å²) in [6.45, 7) is 1.11. The molecule has 0 bridgehead atoms. The van der Waals surface area contributed by atoms with Gasteiger partial charge in [0.05, 0.1) is 13.4 Å². The van der Waals surface area contributed by atoms with Gasteiger partial charge in [0.25, 0.3) is 0 Å². The molecule has 0 amide bonds. The van der Waals surface area contributed by atoms with Gasteiger partial charge in [-0.25, -0.2) is 8.42 Å². The fourth-order valence-corrected chi connectivity index (χ4v) is 5.28. The molecule has 0 atom stereocenters. The lowest BCUT2D eigenvalue weighted by Crippen LogP contribution is -2.40. The minimum atomic E-state index is -3.36. The Kier molecular flexibility index (Phi) is 6.49. The van der Waals surface area contributed by atoms with Gasteiger partial charge in [-0.1, -0.05) is 34.1 Å². The van der Waals surface area contributed by atoms with Gasteiger partial charge in [-0.15, -0.1) is 11.8 Å². The summed E-state index contributed by atoms with van der Waals surface area (Å²) in [6.07, 6.45) is 1.97. The average molecular weight is 469 g/mol. The molecule has 0 radical (unpaired) electrons. The number of halogens is 1. The van der Waals surface area contributed by atoms with Gasteiger partial charge in [0.15, 0.2) is 0 Å². The van der Waals surface area contributed by atoms with E-state index in [-0.39, 0.29) is 0 Å². The van der Waals surface area contributed by atoms with Crippen molar-refractivity contribution in [2.24, 2.45) is 4.99 Å². The van der Waals surface area contributed by atoms with Crippen LogP contribution in [0.4, 0.5) is 0 Å². The lowest BCUT2D eigenvalue weighted by atomic mass is 10.2. The van der Waals surface area contributed by atoms with E-state index in [0.717, 1.165) is 32.7 Å². The zero-order valence-corrected chi connectivity index (χ0v) is 18.4. The maximum Gasteiger partial charge on any atom is 0.233 e. The SMILES string of the molecule is COc1ccc(Br)cc1CSc1ccccc1C1=NCCCN1S(C)(=O)=O. The molecule has 2 aromatic rings. The van der Waals surface area contributed by atoms with Crippen molar-refractivity contribution >= 4 is 43.6 Å². The number of ether oxygens (including phenoxy) is 1. The smallest absolute Gasteiger partial charge is 0.233 e. The first-order valence-corrected chi connectivity index (χ1v) is 12.1. The topological polar surface area (TPSA) is 59.0 Å². The van der Waals surface area contributed by atoms with E-state index >= 15 is 0 Å². The van der Waals surface area contributed by atoms with Crippen LogP contribution < -0.4 is 4.74 Å². The number of rotatable bonds is 6. The number of amidine groups is 1. The number of aliphatic imine (C=N–C) groups is 1. The Balaban J connectivity index is 1.91. The van der Waals surface area contributed by atoms with Gasteiger partial charge in [-0.05, 0) is 30.7 Å². The summed E-state index contributed by atoms with van der Waals surface area (Å²) in [5, 5.41) is 0. The van der Waals surface area contributed by atoms with Crippen LogP contribution in [0.5, 0.6) is 5.75 Å². The molecule has 0 unspecified atom stereocenters. The van der Waals surface area contributed by atoms with Crippen molar-refractivity contribution in [1.82, 2.24) is 4.31 Å². The molecule has 2 aromatic carbocycles. The highest BCUT2D eigenvalue weighted by atomic mass is 79.9. The van der Waals surface area contributed by atoms with E-state index < -0.39 is 10.0 Å². The molecular formula is C19H21BrN2O3S2. The van der Waals surface area contributed by atoms with E-state index in [0.29, 0.717) is 24.7 Å². The molecule has 5 nitrogen and oxygen atoms in total. The average Bonchev–Trinajstić information content (AvgIpc) is 2.66. The largest absolute Gasteiger partial charge is 0.496 e. The number of nitrogens with zero attached hydrogens (tertiary/aromatic N) is 2. The molecule has 27 heavy (non-hydrogen) atoms. The van der Waals surface area contributed by atoms with E-state index in [1.807, 2.05) is 42.5 Å². The lowest BCUT2D eigenvalue weighted by Gasteiger charge is -2.28. The molecule has 8 heteroatoms. The maximum absolute atomic E-state index is 12.2. The zero-order chi connectivity index (χ0) is 19.4. The highest BCUT2D eigenvalue weighted by molar-refractivity contribution is 9.10. The fourth-order valence-electron chi connectivity index (χ4n) is 2.92. The van der Waals surface area contributed by atoms with Gasteiger partial charge >= 0.3 is 0 Å². The van der Waals surface area contributed by atoms with Gasteiger partial charge in [-0.2, -0.15) is 0 Å². The van der Waals surface area contributed by atoms with Gasteiger partial charge in [-0.3, -0.25) is 9.30 Å². The monoisotopic (exact) mass is 468 g/mol. The van der Waals surface area contributed by atoms with Crippen molar-refractivity contribution in [3.05, 3.63) is 58.1 Å². The highest BCUT2D eigenvalue weighted by Crippen LogP contribution is 2.33. The summed E-state index contributed by atoms with van der Waals surface area (Å²) in [5.41, 5.74) is 1.92. The van der Waals surface area contributed by atoms with Crippen molar-refractivity contribution < 1.29 is 13.2 Å². The standard InChI is InChI=1S/C19H21BrN2O3S2/c1-25-17-9-8-15(20)12-14(17)13-26-18-7-4-3-6-16(18)19-21-10-5-11-22(19)27(2,23)24/h3-4,6-9,12H,5,10-11,13H2,1-2H3. The summed E-state index contributed by atoms with van der Waals surface area (Å²) in [4.78, 5) is 5.52. The van der Waals surface area contributed by atoms with Crippen LogP contribution in [-0.4, -0.2) is 45.0 Å². The normalized spacial score (nSPS) is 14.8. The summed E-state index contributed by atoms with van der Waals surface area (Å²) < 4.78 is 32.3. The van der Waals surface area contributed by atoms with Crippen LogP contribution in [0.25, 0.3) is 0 Å². The molecular weight excluding hydrogens is 448 g/mol. The van der Waals surface area contributed by atoms with Crippen LogP contribution in [0.15, 0.2) is 56.8 Å². The van der Waals surface area contributed by atoms with Crippen molar-refractivity contribution in [3.8, 4) is 5.75 Å². The second kappa shape index (κ2) is 8.67. The summed E-state index contributed by atoms with van der Waals surface area (Å²) in [5.74, 6) is 2.07. The first-order valence-electron chi connectivity index (χ1n) is 8.47. The Labute approximate surface area is 173 Å². The molecule has 0 aromatic heterocycles. The van der Waals surface area contributed by atoms with Crippen molar-refractivity contribution in [3.63, 3.8) is 0 Å². The van der Waals surface area contributed by atoms with Crippen molar-refractivity contribution in [1.29, 1.82) is 0 Å². The summed E-state index contributed by atoms with van der Waals surface area (Å²) >= 11 is 5.14. The van der Waals surface area contributed by atoms with Crippen LogP contribution in [0.1, 0.15) is 17.5 Å². The molecule has 1 aliphatic rings. The summed E-state index contributed by atoms with van der Waals surface area (Å²) in [7, 11) is -1.70. The van der Waals surface area contributed by atoms with Crippen LogP contribution in [-0.2, 0) is 15.8 Å². The molecule has 144 valence electrons. The fraction of sp³-hybridized carbons (Fsp3) is 0.316. The third kappa shape index (κ3) is 4.86. The van der Waals surface area contributed by atoms with Crippen molar-refractivity contribution in [2.45, 2.75) is 17.1 Å². The van der Waals surface area contributed by atoms with Crippen LogP contribution in [0.2, 0.25) is 0 Å². The van der Waals surface area contributed by atoms with E-state index in [9.17, 15) is 8.42 Å². The second-order valence-corrected chi connectivity index (χ2v) is 9.97. The summed E-state index contributed by atoms with van der Waals surface area (Å²) in [6, 6.07) is 13.7. The van der Waals surface area contributed by atoms with Gasteiger partial charge < -0.3 is 4.74 Å². The molecule has 0 fully saturated rings. The molecule has 1 aliphatic heterocycles. The minimum Gasteiger partial charge on any atom is -0.496 e. The Hall–Kier alpha value is -1.51. The van der Waals surface area contributed by atoms with Crippen LogP contribution in [0, 0.1) is 0 Å². The molecule has 1 heterocycles. The predicted molar refractivity (Wildman–Crippen MR) is 114 cm³/mol. The maximum atomic E-state index is 12.2. The van der Waals surface area contributed by atoms with Gasteiger partial charge in [0.1, 0.15) is 11.6 Å². The van der Waals surface area contributed by atoms with Gasteiger partial charge in [0.2, 0.25) is 10.0 Å². The highest BCUT2D eigenvalue weighted by Gasteiger charge is 2.26. The Bertz CT molecular complexity index is 961. The molecule has 0 spiro atoms. The quantitative estimate of drug-likeness (QED) is 0.597. The number of thioether (sulfide) groups is 1. The number of benzene rings is 2. The van der Waals surface area contributed by atoms with E-state index in [2.05, 4.69) is 20.9 Å². The third-order valence-electron chi connectivity index (χ3n) is 4.17. The minimum absolute atomic E-state index is 0.468. The molecule has 0 N–H and O–H groups in total. The molecule has 0 aliphatic carbocycles. The third-order valence-corrected chi connectivity index (χ3v) is 6.94. The zero-order valence-electron chi connectivity index (χ0n) is 15.2. The van der Waals surface area contributed by atoms with Gasteiger partial charge in [0, 0.05) is 39.3 Å². The first kappa shape index (κ1) is 20.2. The molecule has 3 rings (SSSR count). The first-order chi connectivity index (χ1) is 12.9. The van der Waals surface area contributed by atoms with E-state index in [1.165, 1.54) is 10.6 Å². The number of methoxy groups -OCH3 is 1. The second-order valence-electron chi connectivity index (χ2n) is 6.14. The Morgan fingerprint density at radius 2 is 2.04 bits per heavy atom. The van der Waals surface area contributed by atoms with Crippen LogP contribution in [0.3, 0.4) is 0 Å².